The largest absolute Gasteiger partial charge is 0.447 e. The minimum atomic E-state index is -0.340. The van der Waals surface area contributed by atoms with Gasteiger partial charge in [0.25, 0.3) is 5.91 Å². The Morgan fingerprint density at radius 3 is 2.31 bits per heavy atom. The van der Waals surface area contributed by atoms with Gasteiger partial charge in [-0.3, -0.25) is 9.69 Å². The van der Waals surface area contributed by atoms with E-state index in [1.54, 1.807) is 17.0 Å². The van der Waals surface area contributed by atoms with Gasteiger partial charge in [0.05, 0.1) is 6.04 Å². The SMILES string of the molecule is Cc1cc(C(C)C)cnc1N1CCN(C(=O)c2ccc(N3C(=O)OC[C@H]3C)cc2)CC1.Cl. The molecule has 8 heteroatoms. The molecule has 2 aromatic rings. The molecule has 2 saturated heterocycles. The lowest BCUT2D eigenvalue weighted by Gasteiger charge is -2.36. The van der Waals surface area contributed by atoms with Crippen LogP contribution in [0.5, 0.6) is 0 Å². The fourth-order valence-corrected chi connectivity index (χ4v) is 4.18. The van der Waals surface area contributed by atoms with E-state index in [2.05, 4.69) is 31.7 Å². The summed E-state index contributed by atoms with van der Waals surface area (Å²) in [5.74, 6) is 1.48. The molecular formula is C24H31ClN4O3. The number of carbonyl (C=O) groups is 2. The van der Waals surface area contributed by atoms with E-state index in [0.29, 0.717) is 31.2 Å². The molecule has 1 aromatic heterocycles. The number of carbonyl (C=O) groups excluding carboxylic acids is 2. The Bertz CT molecular complexity index is 972. The van der Waals surface area contributed by atoms with Crippen molar-refractivity contribution in [2.24, 2.45) is 0 Å². The first kappa shape index (κ1) is 23.9. The Kier molecular flexibility index (Phi) is 7.29. The van der Waals surface area contributed by atoms with Gasteiger partial charge in [-0.05, 0) is 55.2 Å². The van der Waals surface area contributed by atoms with Crippen LogP contribution in [0.2, 0.25) is 0 Å². The summed E-state index contributed by atoms with van der Waals surface area (Å²) in [7, 11) is 0. The van der Waals surface area contributed by atoms with Gasteiger partial charge in [0.15, 0.2) is 0 Å². The zero-order chi connectivity index (χ0) is 22.1. The molecule has 2 aliphatic heterocycles. The first-order chi connectivity index (χ1) is 14.8. The minimum absolute atomic E-state index is 0. The maximum absolute atomic E-state index is 13.0. The van der Waals surface area contributed by atoms with Gasteiger partial charge in [0.2, 0.25) is 0 Å². The van der Waals surface area contributed by atoms with E-state index in [-0.39, 0.29) is 30.4 Å². The topological polar surface area (TPSA) is 66.0 Å². The summed E-state index contributed by atoms with van der Waals surface area (Å²) in [5.41, 5.74) is 3.81. The zero-order valence-corrected chi connectivity index (χ0v) is 19.9. The lowest BCUT2D eigenvalue weighted by molar-refractivity contribution is 0.0746. The number of nitrogens with zero attached hydrogens (tertiary/aromatic N) is 4. The lowest BCUT2D eigenvalue weighted by atomic mass is 10.0. The second kappa shape index (κ2) is 9.77. The molecule has 3 heterocycles. The van der Waals surface area contributed by atoms with Crippen LogP contribution in [0.4, 0.5) is 16.3 Å². The van der Waals surface area contributed by atoms with Crippen molar-refractivity contribution in [1.29, 1.82) is 0 Å². The number of rotatable bonds is 4. The van der Waals surface area contributed by atoms with Crippen LogP contribution < -0.4 is 9.80 Å². The van der Waals surface area contributed by atoms with Crippen molar-refractivity contribution in [3.05, 3.63) is 53.2 Å². The number of hydrogen-bond donors (Lipinski definition) is 0. The van der Waals surface area contributed by atoms with Crippen LogP contribution in [-0.2, 0) is 4.74 Å². The molecule has 0 unspecified atom stereocenters. The summed E-state index contributed by atoms with van der Waals surface area (Å²) < 4.78 is 5.08. The predicted octanol–water partition coefficient (Wildman–Crippen LogP) is 4.24. The normalized spacial score (nSPS) is 18.6. The molecule has 0 aliphatic carbocycles. The van der Waals surface area contributed by atoms with Crippen molar-refractivity contribution in [3.8, 4) is 0 Å². The van der Waals surface area contributed by atoms with Gasteiger partial charge in [-0.2, -0.15) is 0 Å². The number of aryl methyl sites for hydroxylation is 1. The van der Waals surface area contributed by atoms with Gasteiger partial charge >= 0.3 is 6.09 Å². The van der Waals surface area contributed by atoms with Crippen LogP contribution in [-0.4, -0.2) is 60.7 Å². The van der Waals surface area contributed by atoms with Crippen molar-refractivity contribution in [2.75, 3.05) is 42.6 Å². The van der Waals surface area contributed by atoms with Gasteiger partial charge in [0, 0.05) is 43.6 Å². The number of benzene rings is 1. The molecule has 7 nitrogen and oxygen atoms in total. The molecule has 1 atom stereocenters. The van der Waals surface area contributed by atoms with E-state index >= 15 is 0 Å². The molecule has 0 N–H and O–H groups in total. The first-order valence-electron chi connectivity index (χ1n) is 10.9. The molecule has 0 bridgehead atoms. The first-order valence-corrected chi connectivity index (χ1v) is 10.9. The Morgan fingerprint density at radius 2 is 1.78 bits per heavy atom. The van der Waals surface area contributed by atoms with Crippen molar-refractivity contribution in [2.45, 2.75) is 39.7 Å². The van der Waals surface area contributed by atoms with Gasteiger partial charge in [-0.1, -0.05) is 19.9 Å². The van der Waals surface area contributed by atoms with E-state index in [0.717, 1.165) is 24.6 Å². The maximum atomic E-state index is 13.0. The Hall–Kier alpha value is -2.80. The third-order valence-corrected chi connectivity index (χ3v) is 6.08. The highest BCUT2D eigenvalue weighted by Gasteiger charge is 2.31. The third-order valence-electron chi connectivity index (χ3n) is 6.08. The number of piperazine rings is 1. The molecule has 4 rings (SSSR count). The Morgan fingerprint density at radius 1 is 1.12 bits per heavy atom. The standard InChI is InChI=1S/C24H30N4O3.ClH/c1-16(2)20-13-17(3)22(25-14-20)26-9-11-27(12-10-26)23(29)19-5-7-21(8-6-19)28-18(4)15-31-24(28)30;/h5-8,13-14,16,18H,9-12,15H2,1-4H3;1H/t18-;/m1./s1. The number of amides is 2. The second-order valence-electron chi connectivity index (χ2n) is 8.69. The fourth-order valence-electron chi connectivity index (χ4n) is 4.18. The molecule has 2 amide bonds. The predicted molar refractivity (Wildman–Crippen MR) is 128 cm³/mol. The van der Waals surface area contributed by atoms with Crippen molar-refractivity contribution in [3.63, 3.8) is 0 Å². The highest BCUT2D eigenvalue weighted by molar-refractivity contribution is 5.96. The molecular weight excluding hydrogens is 428 g/mol. The summed E-state index contributed by atoms with van der Waals surface area (Å²) in [5, 5.41) is 0. The van der Waals surface area contributed by atoms with Gasteiger partial charge in [-0.15, -0.1) is 12.4 Å². The number of cyclic esters (lactones) is 1. The molecule has 32 heavy (non-hydrogen) atoms. The summed E-state index contributed by atoms with van der Waals surface area (Å²) in [6, 6.07) is 9.42. The molecule has 2 aliphatic rings. The average molecular weight is 459 g/mol. The highest BCUT2D eigenvalue weighted by Crippen LogP contribution is 2.25. The number of halogens is 1. The summed E-state index contributed by atoms with van der Waals surface area (Å²) in [6.45, 7) is 11.6. The molecule has 0 spiro atoms. The zero-order valence-electron chi connectivity index (χ0n) is 19.1. The van der Waals surface area contributed by atoms with Crippen LogP contribution in [0.1, 0.15) is 48.2 Å². The van der Waals surface area contributed by atoms with E-state index in [4.69, 9.17) is 9.72 Å². The van der Waals surface area contributed by atoms with Crippen molar-refractivity contribution >= 4 is 35.9 Å². The van der Waals surface area contributed by atoms with Gasteiger partial charge < -0.3 is 14.5 Å². The Labute approximate surface area is 195 Å². The highest BCUT2D eigenvalue weighted by atomic mass is 35.5. The molecule has 0 radical (unpaired) electrons. The molecule has 0 saturated carbocycles. The number of hydrogen-bond acceptors (Lipinski definition) is 5. The van der Waals surface area contributed by atoms with Crippen LogP contribution >= 0.6 is 12.4 Å². The van der Waals surface area contributed by atoms with E-state index in [1.165, 1.54) is 11.1 Å². The number of anilines is 2. The van der Waals surface area contributed by atoms with Gasteiger partial charge in [-0.25, -0.2) is 9.78 Å². The fraction of sp³-hybridized carbons (Fsp3) is 0.458. The van der Waals surface area contributed by atoms with Gasteiger partial charge in [0.1, 0.15) is 12.4 Å². The van der Waals surface area contributed by atoms with Crippen LogP contribution in [0, 0.1) is 6.92 Å². The summed E-state index contributed by atoms with van der Waals surface area (Å²) in [4.78, 5) is 35.3. The smallest absolute Gasteiger partial charge is 0.414 e. The number of pyridine rings is 1. The van der Waals surface area contributed by atoms with Crippen molar-refractivity contribution in [1.82, 2.24) is 9.88 Å². The molecule has 1 aromatic carbocycles. The van der Waals surface area contributed by atoms with Crippen molar-refractivity contribution < 1.29 is 14.3 Å². The average Bonchev–Trinajstić information content (AvgIpc) is 3.11. The number of ether oxygens (including phenoxy) is 1. The van der Waals surface area contributed by atoms with E-state index in [1.807, 2.05) is 30.2 Å². The van der Waals surface area contributed by atoms with E-state index in [9.17, 15) is 9.59 Å². The lowest BCUT2D eigenvalue weighted by Crippen LogP contribution is -2.49. The quantitative estimate of drug-likeness (QED) is 0.685. The minimum Gasteiger partial charge on any atom is -0.447 e. The van der Waals surface area contributed by atoms with Crippen LogP contribution in [0.25, 0.3) is 0 Å². The monoisotopic (exact) mass is 458 g/mol. The second-order valence-corrected chi connectivity index (χ2v) is 8.69. The Balaban J connectivity index is 0.00000289. The van der Waals surface area contributed by atoms with Crippen LogP contribution in [0.15, 0.2) is 36.5 Å². The van der Waals surface area contributed by atoms with Crippen LogP contribution in [0.3, 0.4) is 0 Å². The molecule has 172 valence electrons. The number of aromatic nitrogens is 1. The summed E-state index contributed by atoms with van der Waals surface area (Å²) in [6.07, 6.45) is 1.62. The third kappa shape index (κ3) is 4.67. The summed E-state index contributed by atoms with van der Waals surface area (Å²) >= 11 is 0. The maximum Gasteiger partial charge on any atom is 0.414 e. The van der Waals surface area contributed by atoms with E-state index < -0.39 is 0 Å². The molecule has 2 fully saturated rings.